The Kier molecular flexibility index (Phi) is 6.82. The number of hydrogen-bond donors (Lipinski definition) is 0. The molecule has 0 saturated heterocycles. The minimum absolute atomic E-state index is 0.162. The molecule has 5 aromatic rings. The van der Waals surface area contributed by atoms with Gasteiger partial charge in [0.05, 0.1) is 0 Å². The molecule has 0 spiro atoms. The summed E-state index contributed by atoms with van der Waals surface area (Å²) in [7, 11) is -0.921. The normalized spacial score (nSPS) is 15.0. The average molecular weight is 615 g/mol. The predicted octanol–water partition coefficient (Wildman–Crippen LogP) is 8.18. The molecule has 228 valence electrons. The van der Waals surface area contributed by atoms with E-state index in [1.54, 1.807) is 0 Å². The molecule has 5 aromatic carbocycles. The molecular formula is C38H38N2O4Si. The largest absolute Gasteiger partial charge is 0.271 e. The second-order valence-corrected chi connectivity index (χ2v) is 15.6. The summed E-state index contributed by atoms with van der Waals surface area (Å²) in [5.74, 6) is -0.950. The van der Waals surface area contributed by atoms with Crippen LogP contribution in [0.5, 0.6) is 0 Å². The lowest BCUT2D eigenvalue weighted by molar-refractivity contribution is 0.0514. The van der Waals surface area contributed by atoms with Crippen LogP contribution >= 0.6 is 0 Å². The number of nitrogens with zero attached hydrogens (tertiary/aromatic N) is 2. The van der Waals surface area contributed by atoms with Crippen molar-refractivity contribution < 1.29 is 19.2 Å². The number of hydrogen-bond acceptors (Lipinski definition) is 4. The number of amides is 4. The second-order valence-electron chi connectivity index (χ2n) is 12.9. The van der Waals surface area contributed by atoms with Gasteiger partial charge in [-0.05, 0) is 94.8 Å². The minimum atomic E-state index is -0.921. The van der Waals surface area contributed by atoms with Crippen molar-refractivity contribution in [2.24, 2.45) is 0 Å². The molecular weight excluding hydrogens is 577 g/mol. The third-order valence-corrected chi connectivity index (χ3v) is 12.3. The van der Waals surface area contributed by atoms with Gasteiger partial charge in [-0.25, -0.2) is 0 Å². The van der Waals surface area contributed by atoms with E-state index in [4.69, 9.17) is 0 Å². The average Bonchev–Trinajstić information content (AvgIpc) is 3.04. The molecule has 2 heterocycles. The first-order chi connectivity index (χ1) is 21.6. The highest BCUT2D eigenvalue weighted by Gasteiger charge is 2.40. The molecule has 7 heteroatoms. The molecule has 0 aliphatic carbocycles. The number of rotatable bonds is 7. The highest BCUT2D eigenvalue weighted by Crippen LogP contribution is 2.48. The molecule has 0 radical (unpaired) electrons. The van der Waals surface area contributed by atoms with Gasteiger partial charge >= 0.3 is 0 Å². The lowest BCUT2D eigenvalue weighted by Crippen LogP contribution is -2.46. The van der Waals surface area contributed by atoms with Crippen LogP contribution in [0.4, 0.5) is 0 Å². The van der Waals surface area contributed by atoms with Gasteiger partial charge in [-0.2, -0.15) is 0 Å². The molecule has 0 atom stereocenters. The van der Waals surface area contributed by atoms with E-state index >= 15 is 0 Å². The first-order valence-corrected chi connectivity index (χ1v) is 18.7. The molecule has 7 rings (SSSR count). The Morgan fingerprint density at radius 1 is 0.556 bits per heavy atom. The molecule has 0 bridgehead atoms. The number of carbonyl (C=O) groups is 4. The monoisotopic (exact) mass is 614 g/mol. The van der Waals surface area contributed by atoms with Gasteiger partial charge in [-0.15, -0.1) is 0 Å². The van der Waals surface area contributed by atoms with Crippen molar-refractivity contribution in [2.45, 2.75) is 85.5 Å². The van der Waals surface area contributed by atoms with E-state index in [2.05, 4.69) is 20.0 Å². The summed E-state index contributed by atoms with van der Waals surface area (Å²) in [6.45, 7) is 14.7. The maximum absolute atomic E-state index is 14.3. The molecule has 2 aliphatic heterocycles. The van der Waals surface area contributed by atoms with E-state index in [0.717, 1.165) is 37.9 Å². The molecule has 2 aliphatic rings. The van der Waals surface area contributed by atoms with Gasteiger partial charge in [0.2, 0.25) is 0 Å². The topological polar surface area (TPSA) is 74.8 Å². The van der Waals surface area contributed by atoms with Crippen LogP contribution in [-0.4, -0.2) is 59.1 Å². The van der Waals surface area contributed by atoms with Gasteiger partial charge in [-0.3, -0.25) is 29.0 Å². The summed E-state index contributed by atoms with van der Waals surface area (Å²) in [6, 6.07) is 13.3. The quantitative estimate of drug-likeness (QED) is 0.0802. The zero-order valence-corrected chi connectivity index (χ0v) is 28.1. The number of fused-ring (bicyclic) bond motifs is 2. The summed E-state index contributed by atoms with van der Waals surface area (Å²) in [5.41, 5.74) is 3.25. The van der Waals surface area contributed by atoms with Crippen LogP contribution in [-0.2, 0) is 0 Å². The molecule has 0 N–H and O–H groups in total. The summed E-state index contributed by atoms with van der Waals surface area (Å²) < 4.78 is 0. The highest BCUT2D eigenvalue weighted by molar-refractivity contribution is 6.72. The molecule has 0 saturated carbocycles. The second kappa shape index (κ2) is 10.4. The summed E-state index contributed by atoms with van der Waals surface area (Å²) in [5, 5.41) is 8.24. The zero-order chi connectivity index (χ0) is 32.1. The van der Waals surface area contributed by atoms with Gasteiger partial charge in [-0.1, -0.05) is 64.2 Å². The Morgan fingerprint density at radius 2 is 0.956 bits per heavy atom. The Labute approximate surface area is 264 Å². The summed E-state index contributed by atoms with van der Waals surface area (Å²) >= 11 is 0. The first-order valence-electron chi connectivity index (χ1n) is 16.2. The van der Waals surface area contributed by atoms with Crippen molar-refractivity contribution in [3.8, 4) is 0 Å². The van der Waals surface area contributed by atoms with Crippen LogP contribution in [0.25, 0.3) is 43.1 Å². The van der Waals surface area contributed by atoms with E-state index in [-0.39, 0.29) is 35.7 Å². The third kappa shape index (κ3) is 3.76. The first kappa shape index (κ1) is 29.5. The molecule has 0 unspecified atom stereocenters. The number of benzene rings is 5. The SMILES string of the molecule is CCC(CC)N1C(=O)c2ccc3c4ccc5c6c(cc(C(C)=[Si](C)C)c(c7ccc(c2c37)C1=O)c64)C(=O)N(C(CC)CC)C5=O. The van der Waals surface area contributed by atoms with E-state index in [0.29, 0.717) is 58.7 Å². The Hall–Kier alpha value is -4.23. The van der Waals surface area contributed by atoms with Gasteiger partial charge in [0.25, 0.3) is 23.6 Å². The highest BCUT2D eigenvalue weighted by atomic mass is 28.2. The number of carbonyl (C=O) groups excluding carboxylic acids is 4. The van der Waals surface area contributed by atoms with Crippen LogP contribution in [0.15, 0.2) is 42.5 Å². The molecule has 45 heavy (non-hydrogen) atoms. The fraction of sp³-hybridized carbons (Fsp3) is 0.342. The van der Waals surface area contributed by atoms with Crippen LogP contribution < -0.4 is 0 Å². The maximum atomic E-state index is 14.3. The Balaban J connectivity index is 1.66. The smallest absolute Gasteiger partial charge is 0.261 e. The lowest BCUT2D eigenvalue weighted by atomic mass is 9.80. The van der Waals surface area contributed by atoms with Crippen molar-refractivity contribution in [1.29, 1.82) is 0 Å². The molecule has 6 nitrogen and oxygen atoms in total. The van der Waals surface area contributed by atoms with Crippen LogP contribution in [0.3, 0.4) is 0 Å². The van der Waals surface area contributed by atoms with Gasteiger partial charge in [0.1, 0.15) is 0 Å². The predicted molar refractivity (Wildman–Crippen MR) is 185 cm³/mol. The zero-order valence-electron chi connectivity index (χ0n) is 27.1. The van der Waals surface area contributed by atoms with Crippen LogP contribution in [0, 0.1) is 0 Å². The minimum Gasteiger partial charge on any atom is -0.271 e. The van der Waals surface area contributed by atoms with Gasteiger partial charge in [0.15, 0.2) is 0 Å². The van der Waals surface area contributed by atoms with Gasteiger partial charge in [0, 0.05) is 53.5 Å². The van der Waals surface area contributed by atoms with E-state index < -0.39 is 8.41 Å². The van der Waals surface area contributed by atoms with Crippen molar-refractivity contribution in [3.63, 3.8) is 0 Å². The fourth-order valence-electron chi connectivity index (χ4n) is 7.94. The molecule has 0 aromatic heterocycles. The van der Waals surface area contributed by atoms with E-state index in [1.165, 1.54) is 15.0 Å². The van der Waals surface area contributed by atoms with Crippen LogP contribution in [0.2, 0.25) is 13.1 Å². The van der Waals surface area contributed by atoms with Crippen molar-refractivity contribution in [3.05, 3.63) is 70.3 Å². The molecule has 4 amide bonds. The Morgan fingerprint density at radius 3 is 1.40 bits per heavy atom. The third-order valence-electron chi connectivity index (χ3n) is 10.6. The van der Waals surface area contributed by atoms with Crippen molar-refractivity contribution in [2.75, 3.05) is 0 Å². The fourth-order valence-corrected chi connectivity index (χ4v) is 8.68. The van der Waals surface area contributed by atoms with Crippen molar-refractivity contribution >= 4 is 80.3 Å². The van der Waals surface area contributed by atoms with Gasteiger partial charge < -0.3 is 0 Å². The van der Waals surface area contributed by atoms with E-state index in [1.807, 2.05) is 70.2 Å². The molecule has 0 fully saturated rings. The van der Waals surface area contributed by atoms with Crippen LogP contribution in [0.1, 0.15) is 107 Å². The maximum Gasteiger partial charge on any atom is 0.261 e. The summed E-state index contributed by atoms with van der Waals surface area (Å²) in [4.78, 5) is 59.2. The lowest BCUT2D eigenvalue weighted by Gasteiger charge is -2.35. The summed E-state index contributed by atoms with van der Waals surface area (Å²) in [6.07, 6.45) is 2.80. The Bertz CT molecular complexity index is 2160. The standard InChI is InChI=1S/C38H38N2O4Si/c1-8-20(9-2)39-35(41)25-15-12-22-23-13-16-27-33-29(38(44)40(37(27)43)21(10-3)11-4)18-28(19(5)45(6)7)31(34(23)33)24-14-17-26(36(39)42)32(25)30(22)24/h12-18,20-21H,8-11H2,1-7H3. The van der Waals surface area contributed by atoms with Crippen molar-refractivity contribution in [1.82, 2.24) is 9.80 Å². The van der Waals surface area contributed by atoms with E-state index in [9.17, 15) is 19.2 Å². The number of imide groups is 2.